The van der Waals surface area contributed by atoms with Crippen molar-refractivity contribution in [2.75, 3.05) is 6.61 Å². The highest BCUT2D eigenvalue weighted by Crippen LogP contribution is 2.29. The monoisotopic (exact) mass is 290 g/mol. The second kappa shape index (κ2) is 6.94. The van der Waals surface area contributed by atoms with Crippen LogP contribution in [-0.2, 0) is 0 Å². The molecule has 4 nitrogen and oxygen atoms in total. The normalized spacial score (nSPS) is 19.8. The van der Waals surface area contributed by atoms with Crippen molar-refractivity contribution in [3.8, 4) is 0 Å². The van der Waals surface area contributed by atoms with Crippen LogP contribution in [0, 0.1) is 0 Å². The molecule has 0 bridgehead atoms. The fourth-order valence-electron chi connectivity index (χ4n) is 3.03. The summed E-state index contributed by atoms with van der Waals surface area (Å²) in [6.45, 7) is 4.14. The summed E-state index contributed by atoms with van der Waals surface area (Å²) in [5.74, 6) is 0.241. The minimum absolute atomic E-state index is 0.0169. The van der Waals surface area contributed by atoms with Crippen LogP contribution in [0.1, 0.15) is 51.0 Å². The Balaban J connectivity index is 1.90. The molecule has 0 aliphatic heterocycles. The van der Waals surface area contributed by atoms with Gasteiger partial charge >= 0.3 is 6.03 Å². The van der Waals surface area contributed by atoms with Crippen molar-refractivity contribution in [3.63, 3.8) is 0 Å². The number of rotatable bonds is 5. The van der Waals surface area contributed by atoms with Crippen LogP contribution in [0.2, 0.25) is 0 Å². The topological polar surface area (TPSA) is 61.4 Å². The first-order valence-electron chi connectivity index (χ1n) is 7.81. The lowest BCUT2D eigenvalue weighted by atomic mass is 9.94. The summed E-state index contributed by atoms with van der Waals surface area (Å²) in [6, 6.07) is 10.0. The summed E-state index contributed by atoms with van der Waals surface area (Å²) < 4.78 is 0. The fourth-order valence-corrected chi connectivity index (χ4v) is 3.03. The molecular weight excluding hydrogens is 264 g/mol. The van der Waals surface area contributed by atoms with E-state index < -0.39 is 5.54 Å². The van der Waals surface area contributed by atoms with E-state index in [9.17, 15) is 9.90 Å². The van der Waals surface area contributed by atoms with E-state index in [0.717, 1.165) is 25.7 Å². The number of amides is 2. The highest BCUT2D eigenvalue weighted by atomic mass is 16.3. The van der Waals surface area contributed by atoms with E-state index in [2.05, 4.69) is 29.7 Å². The van der Waals surface area contributed by atoms with Gasteiger partial charge in [-0.2, -0.15) is 0 Å². The van der Waals surface area contributed by atoms with Crippen LogP contribution in [0.15, 0.2) is 30.3 Å². The van der Waals surface area contributed by atoms with Crippen molar-refractivity contribution < 1.29 is 9.90 Å². The largest absolute Gasteiger partial charge is 0.394 e. The van der Waals surface area contributed by atoms with Gasteiger partial charge in [0.2, 0.25) is 0 Å². The third-order valence-corrected chi connectivity index (χ3v) is 4.68. The van der Waals surface area contributed by atoms with Crippen molar-refractivity contribution in [1.82, 2.24) is 10.6 Å². The van der Waals surface area contributed by atoms with Crippen LogP contribution < -0.4 is 10.6 Å². The molecule has 1 aromatic rings. The van der Waals surface area contributed by atoms with Crippen molar-refractivity contribution in [3.05, 3.63) is 35.9 Å². The van der Waals surface area contributed by atoms with E-state index in [-0.39, 0.29) is 24.6 Å². The van der Waals surface area contributed by atoms with Crippen molar-refractivity contribution in [2.24, 2.45) is 0 Å². The lowest BCUT2D eigenvalue weighted by molar-refractivity contribution is 0.161. The Morgan fingerprint density at radius 1 is 1.24 bits per heavy atom. The maximum absolute atomic E-state index is 12.2. The van der Waals surface area contributed by atoms with E-state index in [4.69, 9.17) is 0 Å². The molecule has 0 spiro atoms. The number of hydrogen-bond acceptors (Lipinski definition) is 2. The van der Waals surface area contributed by atoms with Crippen LogP contribution in [-0.4, -0.2) is 29.3 Å². The van der Waals surface area contributed by atoms with E-state index in [0.29, 0.717) is 0 Å². The van der Waals surface area contributed by atoms with Gasteiger partial charge in [-0.1, -0.05) is 50.1 Å². The van der Waals surface area contributed by atoms with Crippen molar-refractivity contribution in [2.45, 2.75) is 57.0 Å². The molecule has 2 rings (SSSR count). The Bertz CT molecular complexity index is 455. The molecular formula is C17H26N2O2. The van der Waals surface area contributed by atoms with Crippen molar-refractivity contribution in [1.29, 1.82) is 0 Å². The Morgan fingerprint density at radius 3 is 2.43 bits per heavy atom. The molecule has 2 unspecified atom stereocenters. The number of nitrogens with one attached hydrogen (secondary N) is 2. The molecule has 3 N–H and O–H groups in total. The van der Waals surface area contributed by atoms with Crippen LogP contribution in [0.25, 0.3) is 0 Å². The van der Waals surface area contributed by atoms with E-state index in [1.165, 1.54) is 5.56 Å². The Hall–Kier alpha value is -1.55. The molecule has 2 atom stereocenters. The van der Waals surface area contributed by atoms with Gasteiger partial charge in [0.05, 0.1) is 12.1 Å². The highest BCUT2D eigenvalue weighted by molar-refractivity contribution is 5.75. The zero-order valence-electron chi connectivity index (χ0n) is 12.9. The molecule has 116 valence electrons. The van der Waals surface area contributed by atoms with Gasteiger partial charge in [0.15, 0.2) is 0 Å². The zero-order chi connectivity index (χ0) is 15.3. The molecule has 2 amide bonds. The number of urea groups is 1. The van der Waals surface area contributed by atoms with Crippen molar-refractivity contribution >= 4 is 6.03 Å². The SMILES string of the molecule is CC(NC(=O)NC1(CO)CCCC1)C(C)c1ccccc1. The highest BCUT2D eigenvalue weighted by Gasteiger charge is 2.35. The predicted molar refractivity (Wildman–Crippen MR) is 84.3 cm³/mol. The first-order chi connectivity index (χ1) is 10.1. The Morgan fingerprint density at radius 2 is 1.86 bits per heavy atom. The van der Waals surface area contributed by atoms with Crippen LogP contribution in [0.5, 0.6) is 0 Å². The van der Waals surface area contributed by atoms with Gasteiger partial charge in [0, 0.05) is 12.0 Å². The van der Waals surface area contributed by atoms with Crippen LogP contribution >= 0.6 is 0 Å². The molecule has 1 aliphatic carbocycles. The lowest BCUT2D eigenvalue weighted by Crippen LogP contribution is -2.54. The van der Waals surface area contributed by atoms with E-state index in [1.807, 2.05) is 25.1 Å². The maximum Gasteiger partial charge on any atom is 0.315 e. The molecule has 1 aliphatic rings. The molecule has 0 heterocycles. The predicted octanol–water partition coefficient (Wildman–Crippen LogP) is 2.78. The molecule has 1 saturated carbocycles. The summed E-state index contributed by atoms with van der Waals surface area (Å²) in [7, 11) is 0. The standard InChI is InChI=1S/C17H26N2O2/c1-13(15-8-4-3-5-9-15)14(2)18-16(21)19-17(12-20)10-6-7-11-17/h3-5,8-9,13-14,20H,6-7,10-12H2,1-2H3,(H2,18,19,21). The summed E-state index contributed by atoms with van der Waals surface area (Å²) in [5, 5.41) is 15.5. The number of aliphatic hydroxyl groups is 1. The van der Waals surface area contributed by atoms with Gasteiger partial charge in [-0.05, 0) is 25.3 Å². The maximum atomic E-state index is 12.2. The molecule has 0 saturated heterocycles. The number of hydrogen-bond donors (Lipinski definition) is 3. The smallest absolute Gasteiger partial charge is 0.315 e. The number of aliphatic hydroxyl groups excluding tert-OH is 1. The minimum Gasteiger partial charge on any atom is -0.394 e. The van der Waals surface area contributed by atoms with E-state index >= 15 is 0 Å². The van der Waals surface area contributed by atoms with Gasteiger partial charge in [0.1, 0.15) is 0 Å². The third-order valence-electron chi connectivity index (χ3n) is 4.68. The van der Waals surface area contributed by atoms with Crippen LogP contribution in [0.3, 0.4) is 0 Å². The van der Waals surface area contributed by atoms with Gasteiger partial charge in [-0.15, -0.1) is 0 Å². The first-order valence-corrected chi connectivity index (χ1v) is 7.81. The first kappa shape index (κ1) is 15.8. The van der Waals surface area contributed by atoms with Crippen LogP contribution in [0.4, 0.5) is 4.79 Å². The average Bonchev–Trinajstić information content (AvgIpc) is 2.96. The molecule has 0 aromatic heterocycles. The molecule has 1 fully saturated rings. The van der Waals surface area contributed by atoms with Gasteiger partial charge < -0.3 is 15.7 Å². The van der Waals surface area contributed by atoms with Gasteiger partial charge in [-0.25, -0.2) is 4.79 Å². The summed E-state index contributed by atoms with van der Waals surface area (Å²) in [6.07, 6.45) is 3.85. The number of carbonyl (C=O) groups is 1. The second-order valence-corrected chi connectivity index (χ2v) is 6.23. The fraction of sp³-hybridized carbons (Fsp3) is 0.588. The van der Waals surface area contributed by atoms with E-state index in [1.54, 1.807) is 0 Å². The summed E-state index contributed by atoms with van der Waals surface area (Å²) >= 11 is 0. The summed E-state index contributed by atoms with van der Waals surface area (Å²) in [4.78, 5) is 12.2. The summed E-state index contributed by atoms with van der Waals surface area (Å²) in [5.41, 5.74) is 0.794. The van der Waals surface area contributed by atoms with Gasteiger partial charge in [-0.3, -0.25) is 0 Å². The third kappa shape index (κ3) is 3.97. The molecule has 4 heteroatoms. The zero-order valence-corrected chi connectivity index (χ0v) is 12.9. The molecule has 21 heavy (non-hydrogen) atoms. The number of benzene rings is 1. The quantitative estimate of drug-likeness (QED) is 0.781. The number of carbonyl (C=O) groups excluding carboxylic acids is 1. The van der Waals surface area contributed by atoms with Gasteiger partial charge in [0.25, 0.3) is 0 Å². The Kier molecular flexibility index (Phi) is 5.23. The molecule has 1 aromatic carbocycles. The average molecular weight is 290 g/mol. The lowest BCUT2D eigenvalue weighted by Gasteiger charge is -2.30. The second-order valence-electron chi connectivity index (χ2n) is 6.23. The Labute approximate surface area is 126 Å². The minimum atomic E-state index is -0.417. The molecule has 0 radical (unpaired) electrons.